The second-order valence-corrected chi connectivity index (χ2v) is 12.6. The van der Waals surface area contributed by atoms with Gasteiger partial charge in [0, 0.05) is 15.1 Å². The lowest BCUT2D eigenvalue weighted by atomic mass is 9.95. The summed E-state index contributed by atoms with van der Waals surface area (Å²) in [6.45, 7) is 1.55. The fourth-order valence-corrected chi connectivity index (χ4v) is 6.60. The van der Waals surface area contributed by atoms with Crippen molar-refractivity contribution in [1.82, 2.24) is 4.57 Å². The third-order valence-electron chi connectivity index (χ3n) is 7.29. The van der Waals surface area contributed by atoms with Crippen molar-refractivity contribution in [1.29, 1.82) is 0 Å². The van der Waals surface area contributed by atoms with Gasteiger partial charge in [-0.1, -0.05) is 93.5 Å². The van der Waals surface area contributed by atoms with E-state index in [0.29, 0.717) is 16.3 Å². The van der Waals surface area contributed by atoms with E-state index in [1.54, 1.807) is 12.1 Å². The number of aromatic nitrogens is 1. The van der Waals surface area contributed by atoms with E-state index in [2.05, 4.69) is 20.9 Å². The molecule has 0 bridgehead atoms. The van der Waals surface area contributed by atoms with Crippen LogP contribution in [0.15, 0.2) is 110 Å². The summed E-state index contributed by atoms with van der Waals surface area (Å²) in [4.78, 5) is 30.9. The summed E-state index contributed by atoms with van der Waals surface area (Å²) in [5, 5.41) is 1.99. The molecule has 0 saturated heterocycles. The molecule has 1 aliphatic heterocycles. The molecule has 0 saturated carbocycles. The largest absolute Gasteiger partial charge is 0.488 e. The van der Waals surface area contributed by atoms with Gasteiger partial charge in [-0.3, -0.25) is 9.36 Å². The molecule has 234 valence electrons. The molecule has 1 atom stereocenters. The monoisotopic (exact) mass is 726 g/mol. The number of carbonyl (C=O) groups excluding carboxylic acids is 1. The Balaban J connectivity index is 1.57. The number of benzene rings is 4. The van der Waals surface area contributed by atoms with Gasteiger partial charge in [0.25, 0.3) is 5.56 Å². The maximum absolute atomic E-state index is 14.5. The molecule has 6 nitrogen and oxygen atoms in total. The molecule has 1 aromatic heterocycles. The number of allylic oxidation sites excluding steroid dienone is 1. The normalized spacial score (nSPS) is 15.1. The van der Waals surface area contributed by atoms with Crippen LogP contribution in [0, 0.1) is 0 Å². The molecule has 0 amide bonds. The van der Waals surface area contributed by atoms with E-state index in [0.717, 1.165) is 36.7 Å². The van der Waals surface area contributed by atoms with E-state index >= 15 is 0 Å². The summed E-state index contributed by atoms with van der Waals surface area (Å²) >= 11 is 10.3. The van der Waals surface area contributed by atoms with Crippen LogP contribution >= 0.6 is 38.9 Å². The average Bonchev–Trinajstić information content (AvgIpc) is 3.35. The highest BCUT2D eigenvalue weighted by Crippen LogP contribution is 2.38. The molecule has 6 rings (SSSR count). The lowest BCUT2D eigenvalue weighted by Crippen LogP contribution is -2.41. The van der Waals surface area contributed by atoms with Crippen LogP contribution in [0.5, 0.6) is 5.75 Å². The van der Waals surface area contributed by atoms with Gasteiger partial charge in [0.05, 0.1) is 22.8 Å². The van der Waals surface area contributed by atoms with Gasteiger partial charge < -0.3 is 9.47 Å². The number of thiazole rings is 1. The second kappa shape index (κ2) is 12.9. The summed E-state index contributed by atoms with van der Waals surface area (Å²) < 4.78 is 56.8. The molecular weight excluding hydrogens is 705 g/mol. The molecule has 5 aromatic rings. The highest BCUT2D eigenvalue weighted by molar-refractivity contribution is 9.10. The first-order chi connectivity index (χ1) is 22.0. The van der Waals surface area contributed by atoms with Crippen LogP contribution in [0.25, 0.3) is 16.8 Å². The van der Waals surface area contributed by atoms with Crippen molar-refractivity contribution >= 4 is 61.7 Å². The van der Waals surface area contributed by atoms with Gasteiger partial charge in [0.1, 0.15) is 12.4 Å². The van der Waals surface area contributed by atoms with Crippen LogP contribution in [0.1, 0.15) is 29.7 Å². The Morgan fingerprint density at radius 3 is 2.46 bits per heavy atom. The summed E-state index contributed by atoms with van der Waals surface area (Å²) in [6, 6.07) is 23.3. The second-order valence-electron chi connectivity index (χ2n) is 10.2. The van der Waals surface area contributed by atoms with Crippen molar-refractivity contribution < 1.29 is 27.4 Å². The summed E-state index contributed by atoms with van der Waals surface area (Å²) in [6.07, 6.45) is -3.41. The van der Waals surface area contributed by atoms with Crippen molar-refractivity contribution in [2.24, 2.45) is 4.99 Å². The minimum atomic E-state index is -5.01. The maximum atomic E-state index is 14.5. The summed E-state index contributed by atoms with van der Waals surface area (Å²) in [7, 11) is 0. The minimum absolute atomic E-state index is 0.106. The van der Waals surface area contributed by atoms with Gasteiger partial charge in [0.2, 0.25) is 0 Å². The number of halogens is 5. The fraction of sp³-hybridized carbons (Fsp3) is 0.147. The van der Waals surface area contributed by atoms with Gasteiger partial charge in [-0.25, -0.2) is 9.79 Å². The van der Waals surface area contributed by atoms with Crippen LogP contribution in [-0.4, -0.2) is 23.3 Å². The molecule has 0 spiro atoms. The number of alkyl halides is 3. The first kappa shape index (κ1) is 31.8. The van der Waals surface area contributed by atoms with Crippen molar-refractivity contribution in [2.75, 3.05) is 6.61 Å². The molecule has 0 radical (unpaired) electrons. The van der Waals surface area contributed by atoms with Crippen LogP contribution in [0.4, 0.5) is 13.2 Å². The van der Waals surface area contributed by atoms with E-state index in [-0.39, 0.29) is 28.1 Å². The van der Waals surface area contributed by atoms with Gasteiger partial charge in [0.15, 0.2) is 10.5 Å². The quantitative estimate of drug-likeness (QED) is 0.163. The Bertz CT molecular complexity index is 2180. The topological polar surface area (TPSA) is 69.9 Å². The van der Waals surface area contributed by atoms with Gasteiger partial charge in [-0.15, -0.1) is 0 Å². The standard InChI is InChI=1S/C34H23BrClF3N2O4S/c1-2-44-32(43)28-29(21-9-14-23(36)15-10-21)41-31(42)27(46-33(41)40-30(28)34(37,38)39)17-25-24-6-4-3-5-20(24)11-16-26(25)45-18-19-7-12-22(35)13-8-19/h3-17,29H,2,18H2,1H3/b27-17-/t29-/m0/s1. The van der Waals surface area contributed by atoms with Gasteiger partial charge in [-0.2, -0.15) is 13.2 Å². The predicted octanol–water partition coefficient (Wildman–Crippen LogP) is 7.49. The van der Waals surface area contributed by atoms with Crippen LogP contribution in [0.2, 0.25) is 5.02 Å². The van der Waals surface area contributed by atoms with E-state index < -0.39 is 35.0 Å². The van der Waals surface area contributed by atoms with E-state index in [1.807, 2.05) is 54.6 Å². The first-order valence-corrected chi connectivity index (χ1v) is 16.0. The molecule has 0 aliphatic carbocycles. The Morgan fingerprint density at radius 1 is 1.04 bits per heavy atom. The molecule has 4 aromatic carbocycles. The number of carbonyl (C=O) groups is 1. The zero-order valence-electron chi connectivity index (χ0n) is 24.0. The fourth-order valence-electron chi connectivity index (χ4n) is 5.22. The predicted molar refractivity (Wildman–Crippen MR) is 175 cm³/mol. The SMILES string of the molecule is CCOC(=O)C1=C(C(F)(F)F)N=c2s/c(=C\c3c(OCc4ccc(Br)cc4)ccc4ccccc34)c(=O)n2[C@H]1c1ccc(Cl)cc1. The average molecular weight is 728 g/mol. The molecule has 12 heteroatoms. The van der Waals surface area contributed by atoms with E-state index in [4.69, 9.17) is 21.1 Å². The third-order valence-corrected chi connectivity index (χ3v) is 9.06. The molecule has 0 unspecified atom stereocenters. The van der Waals surface area contributed by atoms with E-state index in [9.17, 15) is 22.8 Å². The Morgan fingerprint density at radius 2 is 1.76 bits per heavy atom. The first-order valence-electron chi connectivity index (χ1n) is 14.0. The maximum Gasteiger partial charge on any atom is 0.434 e. The lowest BCUT2D eigenvalue weighted by molar-refractivity contribution is -0.140. The van der Waals surface area contributed by atoms with Gasteiger partial charge >= 0.3 is 12.1 Å². The Kier molecular flexibility index (Phi) is 8.91. The Hall–Kier alpha value is -4.19. The summed E-state index contributed by atoms with van der Waals surface area (Å²) in [5.74, 6) is -0.740. The highest BCUT2D eigenvalue weighted by atomic mass is 79.9. The van der Waals surface area contributed by atoms with Crippen molar-refractivity contribution in [3.63, 3.8) is 0 Å². The molecule has 2 heterocycles. The smallest absolute Gasteiger partial charge is 0.434 e. The zero-order chi connectivity index (χ0) is 32.6. The number of esters is 1. The van der Waals surface area contributed by atoms with Crippen molar-refractivity contribution in [3.05, 3.63) is 142 Å². The number of rotatable bonds is 7. The van der Waals surface area contributed by atoms with Crippen molar-refractivity contribution in [3.8, 4) is 5.75 Å². The lowest BCUT2D eigenvalue weighted by Gasteiger charge is -2.26. The number of nitrogens with zero attached hydrogens (tertiary/aromatic N) is 2. The number of hydrogen-bond acceptors (Lipinski definition) is 6. The minimum Gasteiger partial charge on any atom is -0.488 e. The molecular formula is C34H23BrClF3N2O4S. The van der Waals surface area contributed by atoms with Crippen LogP contribution < -0.4 is 19.6 Å². The Labute approximate surface area is 277 Å². The van der Waals surface area contributed by atoms with Crippen LogP contribution in [-0.2, 0) is 16.1 Å². The molecule has 0 N–H and O–H groups in total. The van der Waals surface area contributed by atoms with Gasteiger partial charge in [-0.05, 0) is 65.2 Å². The molecule has 0 fully saturated rings. The number of ether oxygens (including phenoxy) is 2. The number of hydrogen-bond donors (Lipinski definition) is 0. The number of fused-ring (bicyclic) bond motifs is 2. The molecule has 1 aliphatic rings. The molecule has 46 heavy (non-hydrogen) atoms. The van der Waals surface area contributed by atoms with Crippen LogP contribution in [0.3, 0.4) is 0 Å². The third kappa shape index (κ3) is 6.27. The summed E-state index contributed by atoms with van der Waals surface area (Å²) in [5.41, 5.74) is -1.10. The highest BCUT2D eigenvalue weighted by Gasteiger charge is 2.45. The van der Waals surface area contributed by atoms with Crippen molar-refractivity contribution in [2.45, 2.75) is 25.7 Å². The zero-order valence-corrected chi connectivity index (χ0v) is 27.1. The van der Waals surface area contributed by atoms with E-state index in [1.165, 1.54) is 31.2 Å².